The third-order valence-corrected chi connectivity index (χ3v) is 4.95. The highest BCUT2D eigenvalue weighted by Crippen LogP contribution is 2.28. The zero-order valence-corrected chi connectivity index (χ0v) is 12.7. The predicted octanol–water partition coefficient (Wildman–Crippen LogP) is 3.94. The Labute approximate surface area is 114 Å². The molecule has 0 aromatic rings. The number of nitrogens with zero attached hydrogens (tertiary/aromatic N) is 1. The van der Waals surface area contributed by atoms with Gasteiger partial charge in [0, 0.05) is 12.1 Å². The topological polar surface area (TPSA) is 29.3 Å². The molecule has 1 rings (SSSR count). The fraction of sp³-hybridized carbons (Fsp3) is 1.00. The van der Waals surface area contributed by atoms with Crippen molar-refractivity contribution in [2.45, 2.75) is 83.1 Å². The first-order valence-electron chi connectivity index (χ1n) is 8.16. The second kappa shape index (κ2) is 8.92. The van der Waals surface area contributed by atoms with Crippen LogP contribution < -0.4 is 5.73 Å². The van der Waals surface area contributed by atoms with Crippen LogP contribution in [0.3, 0.4) is 0 Å². The van der Waals surface area contributed by atoms with Crippen molar-refractivity contribution < 1.29 is 0 Å². The van der Waals surface area contributed by atoms with Crippen molar-refractivity contribution in [3.05, 3.63) is 0 Å². The van der Waals surface area contributed by atoms with Crippen LogP contribution in [0.25, 0.3) is 0 Å². The second-order valence-electron chi connectivity index (χ2n) is 6.12. The molecule has 0 saturated heterocycles. The quantitative estimate of drug-likeness (QED) is 0.826. The summed E-state index contributed by atoms with van der Waals surface area (Å²) in [4.78, 5) is 2.51. The second-order valence-corrected chi connectivity index (χ2v) is 6.12. The smallest absolute Gasteiger partial charge is 0.0328 e. The molecule has 0 heterocycles. The highest BCUT2D eigenvalue weighted by molar-refractivity contribution is 4.90. The molecular weight excluding hydrogens is 220 g/mol. The normalized spacial score (nSPS) is 23.3. The molecule has 0 unspecified atom stereocenters. The van der Waals surface area contributed by atoms with Crippen molar-refractivity contribution in [2.75, 3.05) is 20.1 Å². The van der Waals surface area contributed by atoms with Gasteiger partial charge < -0.3 is 5.73 Å². The molecule has 1 saturated carbocycles. The monoisotopic (exact) mass is 254 g/mol. The van der Waals surface area contributed by atoms with Crippen LogP contribution in [0.4, 0.5) is 0 Å². The van der Waals surface area contributed by atoms with Crippen molar-refractivity contribution in [1.82, 2.24) is 4.90 Å². The summed E-state index contributed by atoms with van der Waals surface area (Å²) in [5, 5.41) is 0. The average Bonchev–Trinajstić information content (AvgIpc) is 2.39. The average molecular weight is 254 g/mol. The molecule has 0 aromatic carbocycles. The van der Waals surface area contributed by atoms with Gasteiger partial charge >= 0.3 is 0 Å². The van der Waals surface area contributed by atoms with Gasteiger partial charge in [-0.05, 0) is 26.4 Å². The maximum absolute atomic E-state index is 6.15. The first-order valence-corrected chi connectivity index (χ1v) is 8.16. The molecule has 108 valence electrons. The Bertz CT molecular complexity index is 191. The van der Waals surface area contributed by atoms with Crippen molar-refractivity contribution in [2.24, 2.45) is 5.73 Å². The van der Waals surface area contributed by atoms with Crippen LogP contribution in [0.1, 0.15) is 77.6 Å². The van der Waals surface area contributed by atoms with E-state index >= 15 is 0 Å². The lowest BCUT2D eigenvalue weighted by atomic mass is 9.84. The summed E-state index contributed by atoms with van der Waals surface area (Å²) in [6.45, 7) is 4.21. The van der Waals surface area contributed by atoms with Gasteiger partial charge in [0.25, 0.3) is 0 Å². The van der Waals surface area contributed by atoms with E-state index in [4.69, 9.17) is 5.73 Å². The van der Waals surface area contributed by atoms with Gasteiger partial charge in [0.05, 0.1) is 0 Å². The summed E-state index contributed by atoms with van der Waals surface area (Å²) in [7, 11) is 2.26. The van der Waals surface area contributed by atoms with E-state index in [1.807, 2.05) is 0 Å². The minimum Gasteiger partial charge on any atom is -0.329 e. The SMILES string of the molecule is CCN(C)C1(CN)CCCCCCCCCCC1. The largest absolute Gasteiger partial charge is 0.329 e. The lowest BCUT2D eigenvalue weighted by Crippen LogP contribution is -2.52. The first kappa shape index (κ1) is 16.0. The molecule has 0 radical (unpaired) electrons. The van der Waals surface area contributed by atoms with E-state index in [1.54, 1.807) is 0 Å². The minimum absolute atomic E-state index is 0.286. The summed E-state index contributed by atoms with van der Waals surface area (Å²) in [6.07, 6.45) is 15.3. The van der Waals surface area contributed by atoms with Gasteiger partial charge in [-0.15, -0.1) is 0 Å². The van der Waals surface area contributed by atoms with Crippen molar-refractivity contribution in [3.8, 4) is 0 Å². The molecule has 2 heteroatoms. The molecule has 0 amide bonds. The van der Waals surface area contributed by atoms with E-state index in [1.165, 1.54) is 70.6 Å². The third kappa shape index (κ3) is 4.89. The van der Waals surface area contributed by atoms with Crippen molar-refractivity contribution in [3.63, 3.8) is 0 Å². The highest BCUT2D eigenvalue weighted by Gasteiger charge is 2.31. The van der Waals surface area contributed by atoms with Gasteiger partial charge in [0.2, 0.25) is 0 Å². The van der Waals surface area contributed by atoms with Crippen LogP contribution in [0.5, 0.6) is 0 Å². The van der Waals surface area contributed by atoms with E-state index < -0.39 is 0 Å². The Balaban J connectivity index is 2.58. The third-order valence-electron chi connectivity index (χ3n) is 4.95. The molecule has 2 nitrogen and oxygen atoms in total. The lowest BCUT2D eigenvalue weighted by Gasteiger charge is -2.41. The van der Waals surface area contributed by atoms with E-state index in [9.17, 15) is 0 Å². The molecule has 2 N–H and O–H groups in total. The van der Waals surface area contributed by atoms with Crippen molar-refractivity contribution in [1.29, 1.82) is 0 Å². The van der Waals surface area contributed by atoms with Gasteiger partial charge in [0.15, 0.2) is 0 Å². The minimum atomic E-state index is 0.286. The van der Waals surface area contributed by atoms with Crippen LogP contribution >= 0.6 is 0 Å². The molecule has 1 fully saturated rings. The zero-order valence-electron chi connectivity index (χ0n) is 12.7. The molecule has 0 spiro atoms. The summed E-state index contributed by atoms with van der Waals surface area (Å²) >= 11 is 0. The van der Waals surface area contributed by atoms with E-state index in [-0.39, 0.29) is 5.54 Å². The molecule has 0 aliphatic heterocycles. The standard InChI is InChI=1S/C16H34N2/c1-3-18(2)16(15-17)13-11-9-7-5-4-6-8-10-12-14-16/h3-15,17H2,1-2H3. The zero-order chi connectivity index (χ0) is 13.3. The molecule has 0 atom stereocenters. The maximum atomic E-state index is 6.15. The molecule has 0 aromatic heterocycles. The molecular formula is C16H34N2. The number of rotatable bonds is 3. The Hall–Kier alpha value is -0.0800. The number of nitrogens with two attached hydrogens (primary N) is 1. The highest BCUT2D eigenvalue weighted by atomic mass is 15.2. The van der Waals surface area contributed by atoms with Crippen molar-refractivity contribution >= 4 is 0 Å². The fourth-order valence-corrected chi connectivity index (χ4v) is 3.35. The molecule has 1 aliphatic rings. The lowest BCUT2D eigenvalue weighted by molar-refractivity contribution is 0.104. The van der Waals surface area contributed by atoms with Crippen LogP contribution in [0.15, 0.2) is 0 Å². The van der Waals surface area contributed by atoms with Gasteiger partial charge in [0.1, 0.15) is 0 Å². The summed E-state index contributed by atoms with van der Waals surface area (Å²) in [5.74, 6) is 0. The summed E-state index contributed by atoms with van der Waals surface area (Å²) in [6, 6.07) is 0. The van der Waals surface area contributed by atoms with E-state index in [0.29, 0.717) is 0 Å². The maximum Gasteiger partial charge on any atom is 0.0328 e. The van der Waals surface area contributed by atoms with Gasteiger partial charge in [-0.2, -0.15) is 0 Å². The Morgan fingerprint density at radius 2 is 1.22 bits per heavy atom. The fourth-order valence-electron chi connectivity index (χ4n) is 3.35. The van der Waals surface area contributed by atoms with Crippen LogP contribution in [-0.4, -0.2) is 30.6 Å². The van der Waals surface area contributed by atoms with Crippen LogP contribution in [0, 0.1) is 0 Å². The molecule has 18 heavy (non-hydrogen) atoms. The summed E-state index contributed by atoms with van der Waals surface area (Å²) < 4.78 is 0. The van der Waals surface area contributed by atoms with Gasteiger partial charge in [-0.25, -0.2) is 0 Å². The first-order chi connectivity index (χ1) is 8.75. The molecule has 0 bridgehead atoms. The van der Waals surface area contributed by atoms with E-state index in [2.05, 4.69) is 18.9 Å². The van der Waals surface area contributed by atoms with Crippen LogP contribution in [0.2, 0.25) is 0 Å². The Kier molecular flexibility index (Phi) is 7.92. The Morgan fingerprint density at radius 3 is 1.56 bits per heavy atom. The van der Waals surface area contributed by atoms with Gasteiger partial charge in [-0.1, -0.05) is 64.7 Å². The summed E-state index contributed by atoms with van der Waals surface area (Å²) in [5.41, 5.74) is 6.44. The van der Waals surface area contributed by atoms with Crippen LogP contribution in [-0.2, 0) is 0 Å². The molecule has 1 aliphatic carbocycles. The van der Waals surface area contributed by atoms with Gasteiger partial charge in [-0.3, -0.25) is 4.90 Å². The van der Waals surface area contributed by atoms with E-state index in [0.717, 1.165) is 13.1 Å². The number of hydrogen-bond donors (Lipinski definition) is 1. The predicted molar refractivity (Wildman–Crippen MR) is 80.9 cm³/mol. The number of likely N-dealkylation sites (N-methyl/N-ethyl adjacent to an activating group) is 1. The Morgan fingerprint density at radius 1 is 0.833 bits per heavy atom. The number of hydrogen-bond acceptors (Lipinski definition) is 2.